The van der Waals surface area contributed by atoms with Gasteiger partial charge in [0.25, 0.3) is 11.4 Å². The van der Waals surface area contributed by atoms with Gasteiger partial charge in [-0.25, -0.2) is 0 Å². The lowest BCUT2D eigenvalue weighted by Gasteiger charge is -2.08. The average molecular weight is 469 g/mol. The Hall–Kier alpha value is -3.01. The number of rotatable bonds is 6. The topological polar surface area (TPSA) is 86.3 Å². The molecule has 0 bridgehead atoms. The lowest BCUT2D eigenvalue weighted by molar-refractivity contribution is -0.384. The van der Waals surface area contributed by atoms with E-state index in [2.05, 4.69) is 0 Å². The second kappa shape index (κ2) is 8.62. The van der Waals surface area contributed by atoms with Crippen molar-refractivity contribution in [1.29, 1.82) is 0 Å². The number of nitro groups is 2. The second-order valence-corrected chi connectivity index (χ2v) is 10.3. The summed E-state index contributed by atoms with van der Waals surface area (Å²) in [5.74, 6) is 0. The Balaban J connectivity index is 1.77. The molecule has 0 atom stereocenters. The fraction of sp³-hybridized carbons (Fsp3) is 0.0909. The number of hydrogen-bond acceptors (Lipinski definition) is 7. The maximum absolute atomic E-state index is 11.6. The Labute approximate surface area is 190 Å². The molecule has 0 N–H and O–H groups in total. The molecular formula is C22H16N2O4S3. The highest BCUT2D eigenvalue weighted by Crippen LogP contribution is 2.48. The standard InChI is InChI=1S/C22H16N2O4S3/c1-13-3-5-15(19(11-13)23(25)26)17-7-9-29-21(17)31-22-18(8-10-30-22)16-6-4-14(2)12-20(16)24(27)28/h3-12H,1-2H3. The summed E-state index contributed by atoms with van der Waals surface area (Å²) in [5.41, 5.74) is 4.51. The Kier molecular flexibility index (Phi) is 5.90. The van der Waals surface area contributed by atoms with Gasteiger partial charge in [-0.05, 0) is 60.0 Å². The van der Waals surface area contributed by atoms with E-state index in [0.717, 1.165) is 30.7 Å². The van der Waals surface area contributed by atoms with Crippen molar-refractivity contribution in [2.45, 2.75) is 22.3 Å². The molecule has 0 saturated heterocycles. The molecule has 2 aromatic heterocycles. The van der Waals surface area contributed by atoms with Crippen LogP contribution in [0.3, 0.4) is 0 Å². The van der Waals surface area contributed by atoms with E-state index in [4.69, 9.17) is 0 Å². The summed E-state index contributed by atoms with van der Waals surface area (Å²) >= 11 is 4.48. The van der Waals surface area contributed by atoms with Crippen LogP contribution in [0.5, 0.6) is 0 Å². The molecule has 6 nitrogen and oxygen atoms in total. The van der Waals surface area contributed by atoms with Crippen LogP contribution in [0.15, 0.2) is 67.7 Å². The Morgan fingerprint density at radius 2 is 1.10 bits per heavy atom. The lowest BCUT2D eigenvalue weighted by Crippen LogP contribution is -1.93. The lowest BCUT2D eigenvalue weighted by atomic mass is 10.0. The maximum Gasteiger partial charge on any atom is 0.277 e. The van der Waals surface area contributed by atoms with E-state index >= 15 is 0 Å². The normalized spacial score (nSPS) is 10.9. The molecule has 2 heterocycles. The minimum Gasteiger partial charge on any atom is -0.258 e. The van der Waals surface area contributed by atoms with Crippen LogP contribution in [-0.2, 0) is 0 Å². The van der Waals surface area contributed by atoms with Crippen molar-refractivity contribution in [3.8, 4) is 22.3 Å². The maximum atomic E-state index is 11.6. The molecule has 31 heavy (non-hydrogen) atoms. The van der Waals surface area contributed by atoms with E-state index in [1.54, 1.807) is 24.3 Å². The quantitative estimate of drug-likeness (QED) is 0.213. The van der Waals surface area contributed by atoms with Crippen molar-refractivity contribution in [2.24, 2.45) is 0 Å². The molecule has 156 valence electrons. The number of nitro benzene ring substituents is 2. The molecule has 9 heteroatoms. The Morgan fingerprint density at radius 3 is 1.48 bits per heavy atom. The van der Waals surface area contributed by atoms with E-state index in [0.29, 0.717) is 11.1 Å². The fourth-order valence-corrected chi connectivity index (χ4v) is 6.66. The first-order chi connectivity index (χ1) is 14.8. The first-order valence-corrected chi connectivity index (χ1v) is 11.8. The molecule has 0 saturated carbocycles. The minimum atomic E-state index is -0.360. The van der Waals surface area contributed by atoms with Crippen LogP contribution < -0.4 is 0 Å². The molecule has 0 aliphatic rings. The van der Waals surface area contributed by atoms with E-state index < -0.39 is 0 Å². The zero-order chi connectivity index (χ0) is 22.1. The van der Waals surface area contributed by atoms with Crippen molar-refractivity contribution in [3.63, 3.8) is 0 Å². The molecule has 0 spiro atoms. The van der Waals surface area contributed by atoms with E-state index in [-0.39, 0.29) is 21.2 Å². The molecular weight excluding hydrogens is 452 g/mol. The van der Waals surface area contributed by atoms with Gasteiger partial charge < -0.3 is 0 Å². The van der Waals surface area contributed by atoms with Crippen LogP contribution in [0.25, 0.3) is 22.3 Å². The summed E-state index contributed by atoms with van der Waals surface area (Å²) < 4.78 is 1.82. The van der Waals surface area contributed by atoms with Crippen molar-refractivity contribution in [1.82, 2.24) is 0 Å². The van der Waals surface area contributed by atoms with Crippen LogP contribution in [0.4, 0.5) is 11.4 Å². The van der Waals surface area contributed by atoms with Gasteiger partial charge in [0.05, 0.1) is 29.4 Å². The van der Waals surface area contributed by atoms with E-state index in [1.807, 2.05) is 48.9 Å². The van der Waals surface area contributed by atoms with Gasteiger partial charge in [-0.1, -0.05) is 23.9 Å². The SMILES string of the molecule is Cc1ccc(-c2ccsc2Sc2sccc2-c2ccc(C)cc2[N+](=O)[O-])c([N+](=O)[O-])c1. The van der Waals surface area contributed by atoms with Gasteiger partial charge >= 0.3 is 0 Å². The van der Waals surface area contributed by atoms with Gasteiger partial charge in [-0.3, -0.25) is 20.2 Å². The van der Waals surface area contributed by atoms with Crippen LogP contribution in [-0.4, -0.2) is 9.85 Å². The molecule has 0 amide bonds. The Bertz CT molecular complexity index is 1210. The van der Waals surface area contributed by atoms with Gasteiger partial charge in [-0.2, -0.15) is 0 Å². The summed E-state index contributed by atoms with van der Waals surface area (Å²) in [7, 11) is 0. The van der Waals surface area contributed by atoms with Gasteiger partial charge in [0.2, 0.25) is 0 Å². The van der Waals surface area contributed by atoms with Gasteiger partial charge in [-0.15, -0.1) is 22.7 Å². The third kappa shape index (κ3) is 4.25. The monoisotopic (exact) mass is 468 g/mol. The number of nitrogens with zero attached hydrogens (tertiary/aromatic N) is 2. The van der Waals surface area contributed by atoms with Crippen LogP contribution in [0.2, 0.25) is 0 Å². The van der Waals surface area contributed by atoms with Crippen molar-refractivity contribution in [2.75, 3.05) is 0 Å². The van der Waals surface area contributed by atoms with Gasteiger partial charge in [0.15, 0.2) is 0 Å². The molecule has 2 aromatic carbocycles. The average Bonchev–Trinajstić information content (AvgIpc) is 3.38. The summed E-state index contributed by atoms with van der Waals surface area (Å²) in [6, 6.07) is 14.2. The molecule has 0 aliphatic carbocycles. The molecule has 0 aliphatic heterocycles. The van der Waals surface area contributed by atoms with E-state index in [1.165, 1.54) is 34.4 Å². The highest BCUT2D eigenvalue weighted by Gasteiger charge is 2.23. The zero-order valence-electron chi connectivity index (χ0n) is 16.5. The van der Waals surface area contributed by atoms with Gasteiger partial charge in [0, 0.05) is 23.3 Å². The smallest absolute Gasteiger partial charge is 0.258 e. The number of aryl methyl sites for hydroxylation is 2. The first-order valence-electron chi connectivity index (χ1n) is 9.19. The molecule has 0 radical (unpaired) electrons. The summed E-state index contributed by atoms with van der Waals surface area (Å²) in [5, 5.41) is 27.0. The predicted octanol–water partition coefficient (Wildman–Crippen LogP) is 7.73. The van der Waals surface area contributed by atoms with Crippen LogP contribution in [0.1, 0.15) is 11.1 Å². The highest BCUT2D eigenvalue weighted by atomic mass is 32.2. The molecule has 4 aromatic rings. The van der Waals surface area contributed by atoms with Crippen LogP contribution >= 0.6 is 34.4 Å². The first kappa shape index (κ1) is 21.2. The number of thiophene rings is 2. The third-order valence-electron chi connectivity index (χ3n) is 4.73. The molecule has 0 unspecified atom stereocenters. The van der Waals surface area contributed by atoms with Crippen LogP contribution in [0, 0.1) is 34.1 Å². The fourth-order valence-electron chi connectivity index (χ4n) is 3.27. The number of hydrogen-bond donors (Lipinski definition) is 0. The second-order valence-electron chi connectivity index (χ2n) is 6.90. The third-order valence-corrected chi connectivity index (χ3v) is 8.03. The predicted molar refractivity (Wildman–Crippen MR) is 126 cm³/mol. The highest BCUT2D eigenvalue weighted by molar-refractivity contribution is 8.03. The van der Waals surface area contributed by atoms with Crippen molar-refractivity contribution >= 4 is 45.8 Å². The van der Waals surface area contributed by atoms with Gasteiger partial charge in [0.1, 0.15) is 0 Å². The zero-order valence-corrected chi connectivity index (χ0v) is 19.0. The van der Waals surface area contributed by atoms with Crippen molar-refractivity contribution < 1.29 is 9.85 Å². The molecule has 0 fully saturated rings. The van der Waals surface area contributed by atoms with Crippen molar-refractivity contribution in [3.05, 3.63) is 90.6 Å². The summed E-state index contributed by atoms with van der Waals surface area (Å²) in [6.45, 7) is 3.65. The largest absolute Gasteiger partial charge is 0.277 e. The Morgan fingerprint density at radius 1 is 0.677 bits per heavy atom. The summed E-state index contributed by atoms with van der Waals surface area (Å²) in [4.78, 5) is 22.5. The molecule has 4 rings (SSSR count). The summed E-state index contributed by atoms with van der Waals surface area (Å²) in [6.07, 6.45) is 0. The number of benzene rings is 2. The van der Waals surface area contributed by atoms with E-state index in [9.17, 15) is 20.2 Å². The minimum absolute atomic E-state index is 0.0702.